The van der Waals surface area contributed by atoms with E-state index < -0.39 is 0 Å². The first-order valence-corrected chi connectivity index (χ1v) is 6.89. The summed E-state index contributed by atoms with van der Waals surface area (Å²) in [5.41, 5.74) is 2.12. The number of aryl methyl sites for hydroxylation is 1. The molecule has 0 aliphatic carbocycles. The lowest BCUT2D eigenvalue weighted by atomic mass is 10.1. The first-order chi connectivity index (χ1) is 9.75. The monoisotopic (exact) mass is 273 g/mol. The average molecular weight is 273 g/mol. The Labute approximate surface area is 119 Å². The minimum absolute atomic E-state index is 0.181. The number of benzene rings is 2. The molecule has 0 radical (unpaired) electrons. The maximum Gasteiger partial charge on any atom is 0.123 e. The molecule has 0 aromatic heterocycles. The third kappa shape index (κ3) is 4.67. The van der Waals surface area contributed by atoms with Crippen LogP contribution in [0.1, 0.15) is 17.5 Å². The summed E-state index contributed by atoms with van der Waals surface area (Å²) in [4.78, 5) is 0. The summed E-state index contributed by atoms with van der Waals surface area (Å²) in [5, 5.41) is 3.31. The van der Waals surface area contributed by atoms with Gasteiger partial charge in [-0.2, -0.15) is 0 Å². The van der Waals surface area contributed by atoms with Gasteiger partial charge in [-0.15, -0.1) is 0 Å². The Balaban J connectivity index is 1.63. The molecule has 2 aromatic carbocycles. The van der Waals surface area contributed by atoms with Crippen LogP contribution in [0.25, 0.3) is 0 Å². The van der Waals surface area contributed by atoms with Gasteiger partial charge in [0.1, 0.15) is 11.6 Å². The van der Waals surface area contributed by atoms with Gasteiger partial charge in [0.25, 0.3) is 0 Å². The van der Waals surface area contributed by atoms with Crippen LogP contribution in [0.5, 0.6) is 5.75 Å². The zero-order valence-corrected chi connectivity index (χ0v) is 11.7. The van der Waals surface area contributed by atoms with E-state index in [-0.39, 0.29) is 5.82 Å². The van der Waals surface area contributed by atoms with E-state index in [2.05, 4.69) is 5.32 Å². The minimum Gasteiger partial charge on any atom is -0.494 e. The number of halogens is 1. The van der Waals surface area contributed by atoms with E-state index in [9.17, 15) is 4.39 Å². The van der Waals surface area contributed by atoms with Crippen molar-refractivity contribution in [3.63, 3.8) is 0 Å². The highest BCUT2D eigenvalue weighted by Gasteiger charge is 2.00. The fourth-order valence-corrected chi connectivity index (χ4v) is 1.96. The Morgan fingerprint density at radius 1 is 1.10 bits per heavy atom. The first-order valence-electron chi connectivity index (χ1n) is 6.89. The number of ether oxygens (including phenoxy) is 1. The van der Waals surface area contributed by atoms with Crippen LogP contribution in [-0.2, 0) is 6.54 Å². The van der Waals surface area contributed by atoms with Crippen molar-refractivity contribution in [3.8, 4) is 5.75 Å². The molecule has 1 N–H and O–H groups in total. The van der Waals surface area contributed by atoms with Crippen LogP contribution < -0.4 is 10.1 Å². The Morgan fingerprint density at radius 2 is 1.90 bits per heavy atom. The first kappa shape index (κ1) is 14.5. The van der Waals surface area contributed by atoms with Gasteiger partial charge in [0.2, 0.25) is 0 Å². The standard InChI is InChI=1S/C17H20FNO/c1-14-8-9-16(18)12-15(14)13-19-10-5-11-20-17-6-3-2-4-7-17/h2-4,6-9,12,19H,5,10-11,13H2,1H3. The highest BCUT2D eigenvalue weighted by molar-refractivity contribution is 5.26. The molecule has 2 aromatic rings. The molecule has 2 nitrogen and oxygen atoms in total. The van der Waals surface area contributed by atoms with Crippen LogP contribution >= 0.6 is 0 Å². The van der Waals surface area contributed by atoms with Gasteiger partial charge >= 0.3 is 0 Å². The van der Waals surface area contributed by atoms with Crippen LogP contribution in [0.2, 0.25) is 0 Å². The zero-order valence-electron chi connectivity index (χ0n) is 11.7. The molecule has 0 amide bonds. The van der Waals surface area contributed by atoms with E-state index >= 15 is 0 Å². The summed E-state index contributed by atoms with van der Waals surface area (Å²) in [6, 6.07) is 14.7. The second-order valence-corrected chi connectivity index (χ2v) is 4.76. The summed E-state index contributed by atoms with van der Waals surface area (Å²) >= 11 is 0. The Morgan fingerprint density at radius 3 is 2.70 bits per heavy atom. The molecule has 0 saturated heterocycles. The summed E-state index contributed by atoms with van der Waals surface area (Å²) in [6.07, 6.45) is 0.920. The molecule has 0 saturated carbocycles. The molecule has 0 fully saturated rings. The molecule has 0 bridgehead atoms. The van der Waals surface area contributed by atoms with Gasteiger partial charge in [0.05, 0.1) is 6.61 Å². The molecule has 0 aliphatic rings. The molecule has 0 unspecified atom stereocenters. The summed E-state index contributed by atoms with van der Waals surface area (Å²) in [7, 11) is 0. The molecule has 2 rings (SSSR count). The van der Waals surface area contributed by atoms with E-state index in [1.165, 1.54) is 6.07 Å². The fourth-order valence-electron chi connectivity index (χ4n) is 1.96. The molecule has 0 aliphatic heterocycles. The molecular formula is C17H20FNO. The lowest BCUT2D eigenvalue weighted by molar-refractivity contribution is 0.308. The van der Waals surface area contributed by atoms with Crippen molar-refractivity contribution < 1.29 is 9.13 Å². The molecule has 0 spiro atoms. The second kappa shape index (κ2) is 7.65. The van der Waals surface area contributed by atoms with Crippen molar-refractivity contribution in [1.82, 2.24) is 5.32 Å². The van der Waals surface area contributed by atoms with Crippen molar-refractivity contribution in [1.29, 1.82) is 0 Å². The number of para-hydroxylation sites is 1. The van der Waals surface area contributed by atoms with Gasteiger partial charge in [0, 0.05) is 6.54 Å². The lowest BCUT2D eigenvalue weighted by Crippen LogP contribution is -2.17. The van der Waals surface area contributed by atoms with Gasteiger partial charge in [0.15, 0.2) is 0 Å². The van der Waals surface area contributed by atoms with E-state index in [0.717, 1.165) is 29.8 Å². The third-order valence-electron chi connectivity index (χ3n) is 3.14. The normalized spacial score (nSPS) is 10.5. The van der Waals surface area contributed by atoms with Crippen molar-refractivity contribution in [2.45, 2.75) is 19.9 Å². The van der Waals surface area contributed by atoms with Crippen molar-refractivity contribution in [2.75, 3.05) is 13.2 Å². The van der Waals surface area contributed by atoms with Gasteiger partial charge in [-0.25, -0.2) is 4.39 Å². The van der Waals surface area contributed by atoms with Gasteiger partial charge in [-0.1, -0.05) is 24.3 Å². The summed E-state index contributed by atoms with van der Waals surface area (Å²) in [5.74, 6) is 0.716. The predicted octanol–water partition coefficient (Wildman–Crippen LogP) is 3.69. The van der Waals surface area contributed by atoms with Crippen molar-refractivity contribution in [2.24, 2.45) is 0 Å². The zero-order chi connectivity index (χ0) is 14.2. The van der Waals surface area contributed by atoms with Crippen LogP contribution in [0.15, 0.2) is 48.5 Å². The van der Waals surface area contributed by atoms with E-state index in [0.29, 0.717) is 13.2 Å². The highest BCUT2D eigenvalue weighted by atomic mass is 19.1. The van der Waals surface area contributed by atoms with Crippen LogP contribution in [0.4, 0.5) is 4.39 Å². The number of hydrogen-bond donors (Lipinski definition) is 1. The second-order valence-electron chi connectivity index (χ2n) is 4.76. The van der Waals surface area contributed by atoms with E-state index in [1.54, 1.807) is 6.07 Å². The molecule has 3 heteroatoms. The molecular weight excluding hydrogens is 253 g/mol. The average Bonchev–Trinajstić information content (AvgIpc) is 2.47. The molecule has 0 heterocycles. The van der Waals surface area contributed by atoms with Crippen LogP contribution in [0.3, 0.4) is 0 Å². The van der Waals surface area contributed by atoms with Crippen LogP contribution in [-0.4, -0.2) is 13.2 Å². The SMILES string of the molecule is Cc1ccc(F)cc1CNCCCOc1ccccc1. The smallest absolute Gasteiger partial charge is 0.123 e. The molecule has 20 heavy (non-hydrogen) atoms. The largest absolute Gasteiger partial charge is 0.494 e. The fraction of sp³-hybridized carbons (Fsp3) is 0.294. The van der Waals surface area contributed by atoms with E-state index in [4.69, 9.17) is 4.74 Å². The molecule has 0 atom stereocenters. The summed E-state index contributed by atoms with van der Waals surface area (Å²) < 4.78 is 18.7. The predicted molar refractivity (Wildman–Crippen MR) is 79.4 cm³/mol. The van der Waals surface area contributed by atoms with Crippen molar-refractivity contribution in [3.05, 3.63) is 65.5 Å². The maximum absolute atomic E-state index is 13.1. The topological polar surface area (TPSA) is 21.3 Å². The van der Waals surface area contributed by atoms with E-state index in [1.807, 2.05) is 43.3 Å². The highest BCUT2D eigenvalue weighted by Crippen LogP contribution is 2.10. The van der Waals surface area contributed by atoms with Gasteiger partial charge < -0.3 is 10.1 Å². The number of hydrogen-bond acceptors (Lipinski definition) is 2. The quantitative estimate of drug-likeness (QED) is 0.777. The van der Waals surface area contributed by atoms with Crippen molar-refractivity contribution >= 4 is 0 Å². The maximum atomic E-state index is 13.1. The number of rotatable bonds is 7. The minimum atomic E-state index is -0.181. The lowest BCUT2D eigenvalue weighted by Gasteiger charge is -2.09. The van der Waals surface area contributed by atoms with Gasteiger partial charge in [-0.05, 0) is 55.3 Å². The Kier molecular flexibility index (Phi) is 5.56. The summed E-state index contributed by atoms with van der Waals surface area (Å²) in [6.45, 7) is 4.21. The third-order valence-corrected chi connectivity index (χ3v) is 3.14. The Bertz CT molecular complexity index is 528. The Hall–Kier alpha value is -1.87. The number of nitrogens with one attached hydrogen (secondary N) is 1. The van der Waals surface area contributed by atoms with Gasteiger partial charge in [-0.3, -0.25) is 0 Å². The molecule has 106 valence electrons. The van der Waals surface area contributed by atoms with Crippen LogP contribution in [0, 0.1) is 12.7 Å².